The molecular weight excluding hydrogens is 315 g/mol. The van der Waals surface area contributed by atoms with Gasteiger partial charge in [0.15, 0.2) is 0 Å². The molecule has 1 aromatic heterocycles. The van der Waals surface area contributed by atoms with E-state index in [0.717, 1.165) is 19.9 Å². The molecule has 2 unspecified atom stereocenters. The lowest BCUT2D eigenvalue weighted by Gasteiger charge is -2.26. The quantitative estimate of drug-likeness (QED) is 0.636. The molecule has 0 N–H and O–H groups in total. The number of fused-ring (bicyclic) bond motifs is 2. The fourth-order valence-corrected chi connectivity index (χ4v) is 2.96. The Hall–Kier alpha value is -1.11. The lowest BCUT2D eigenvalue weighted by Crippen LogP contribution is -2.46. The Kier molecular flexibility index (Phi) is 2.34. The van der Waals surface area contributed by atoms with E-state index in [1.165, 1.54) is 0 Å². The van der Waals surface area contributed by atoms with Crippen LogP contribution in [0.4, 0.5) is 0 Å². The van der Waals surface area contributed by atoms with Crippen LogP contribution in [0, 0.1) is 0 Å². The topological polar surface area (TPSA) is 50.5 Å². The van der Waals surface area contributed by atoms with Crippen LogP contribution in [0.3, 0.4) is 0 Å². The van der Waals surface area contributed by atoms with Gasteiger partial charge in [-0.25, -0.2) is 0 Å². The molecular formula is C11H9IN4. The summed E-state index contributed by atoms with van der Waals surface area (Å²) in [5.41, 5.74) is 1.15. The van der Waals surface area contributed by atoms with Crippen molar-refractivity contribution in [3.63, 3.8) is 0 Å². The lowest BCUT2D eigenvalue weighted by atomic mass is 9.96. The first-order chi connectivity index (χ1) is 7.79. The van der Waals surface area contributed by atoms with Crippen LogP contribution in [-0.2, 0) is 0 Å². The Bertz CT molecular complexity index is 562. The number of hydrogen-bond donors (Lipinski definition) is 0. The standard InChI is InChI=1S/C11H9IN4/c1-6-8-10(15-4-2-13-8)7(12)11-9(6)14-3-5-16-11/h2-5,8,10H,1H3. The van der Waals surface area contributed by atoms with Gasteiger partial charge in [0.05, 0.1) is 5.35 Å². The molecule has 1 aliphatic heterocycles. The maximum Gasteiger partial charge on any atom is 0.109 e. The molecule has 5 heteroatoms. The van der Waals surface area contributed by atoms with Crippen LogP contribution < -0.4 is 10.7 Å². The molecule has 0 fully saturated rings. The van der Waals surface area contributed by atoms with Gasteiger partial charge in [-0.3, -0.25) is 20.0 Å². The van der Waals surface area contributed by atoms with Crippen molar-refractivity contribution in [3.8, 4) is 0 Å². The Labute approximate surface area is 106 Å². The Morgan fingerprint density at radius 1 is 1.00 bits per heavy atom. The molecule has 1 aliphatic carbocycles. The van der Waals surface area contributed by atoms with Gasteiger partial charge in [-0.2, -0.15) is 0 Å². The molecule has 2 aliphatic rings. The van der Waals surface area contributed by atoms with E-state index in [2.05, 4.69) is 49.5 Å². The van der Waals surface area contributed by atoms with Crippen molar-refractivity contribution in [2.75, 3.05) is 0 Å². The molecule has 0 saturated carbocycles. The minimum absolute atomic E-state index is 0.0924. The molecule has 80 valence electrons. The molecule has 4 nitrogen and oxygen atoms in total. The number of rotatable bonds is 0. The first-order valence-electron chi connectivity index (χ1n) is 5.01. The van der Waals surface area contributed by atoms with Crippen LogP contribution in [0.1, 0.15) is 6.92 Å². The molecule has 1 aromatic rings. The molecule has 0 amide bonds. The molecule has 2 heterocycles. The van der Waals surface area contributed by atoms with E-state index >= 15 is 0 Å². The number of nitrogens with zero attached hydrogens (tertiary/aromatic N) is 4. The Balaban J connectivity index is 2.41. The number of aliphatic imine (C=N–C) groups is 2. The highest BCUT2D eigenvalue weighted by atomic mass is 127. The van der Waals surface area contributed by atoms with Gasteiger partial charge in [-0.05, 0) is 35.1 Å². The van der Waals surface area contributed by atoms with E-state index in [0.29, 0.717) is 0 Å². The summed E-state index contributed by atoms with van der Waals surface area (Å²) in [5.74, 6) is 0. The molecule has 0 saturated heterocycles. The zero-order valence-electron chi connectivity index (χ0n) is 8.63. The zero-order chi connectivity index (χ0) is 11.1. The van der Waals surface area contributed by atoms with Gasteiger partial charge in [0.1, 0.15) is 17.4 Å². The lowest BCUT2D eigenvalue weighted by molar-refractivity contribution is 0.724. The maximum absolute atomic E-state index is 4.48. The van der Waals surface area contributed by atoms with E-state index in [1.54, 1.807) is 24.8 Å². The Morgan fingerprint density at radius 2 is 1.62 bits per heavy atom. The monoisotopic (exact) mass is 324 g/mol. The molecule has 0 bridgehead atoms. The molecule has 16 heavy (non-hydrogen) atoms. The summed E-state index contributed by atoms with van der Waals surface area (Å²) in [6, 6.07) is 0.191. The van der Waals surface area contributed by atoms with Gasteiger partial charge in [0.25, 0.3) is 0 Å². The summed E-state index contributed by atoms with van der Waals surface area (Å²) < 4.78 is 1.13. The highest BCUT2D eigenvalue weighted by Gasteiger charge is 2.30. The number of halogens is 1. The van der Waals surface area contributed by atoms with Crippen LogP contribution in [0.25, 0.3) is 9.15 Å². The van der Waals surface area contributed by atoms with E-state index in [9.17, 15) is 0 Å². The minimum atomic E-state index is 0.0924. The van der Waals surface area contributed by atoms with Gasteiger partial charge in [-0.15, -0.1) is 0 Å². The average molecular weight is 324 g/mol. The van der Waals surface area contributed by atoms with Crippen molar-refractivity contribution in [2.45, 2.75) is 19.0 Å². The molecule has 0 radical (unpaired) electrons. The fourth-order valence-electron chi connectivity index (χ4n) is 2.06. The van der Waals surface area contributed by atoms with Gasteiger partial charge < -0.3 is 0 Å². The Morgan fingerprint density at radius 3 is 2.38 bits per heavy atom. The number of aromatic nitrogens is 2. The first kappa shape index (κ1) is 10.1. The molecule has 2 atom stereocenters. The van der Waals surface area contributed by atoms with E-state index in [1.807, 2.05) is 0 Å². The first-order valence-corrected chi connectivity index (χ1v) is 6.09. The van der Waals surface area contributed by atoms with E-state index < -0.39 is 0 Å². The molecule has 0 spiro atoms. The third-order valence-corrected chi connectivity index (χ3v) is 4.01. The normalized spacial score (nSPS) is 26.6. The second kappa shape index (κ2) is 3.73. The second-order valence-electron chi connectivity index (χ2n) is 3.77. The van der Waals surface area contributed by atoms with Crippen molar-refractivity contribution in [2.24, 2.45) is 9.98 Å². The van der Waals surface area contributed by atoms with Crippen molar-refractivity contribution in [1.29, 1.82) is 0 Å². The zero-order valence-corrected chi connectivity index (χ0v) is 10.8. The molecule has 3 rings (SSSR count). The summed E-state index contributed by atoms with van der Waals surface area (Å²) in [6.07, 6.45) is 6.97. The highest BCUT2D eigenvalue weighted by Crippen LogP contribution is 2.27. The van der Waals surface area contributed by atoms with Crippen LogP contribution >= 0.6 is 22.6 Å². The van der Waals surface area contributed by atoms with Crippen LogP contribution in [-0.4, -0.2) is 34.5 Å². The second-order valence-corrected chi connectivity index (χ2v) is 4.93. The van der Waals surface area contributed by atoms with Gasteiger partial charge in [-0.1, -0.05) is 0 Å². The molecule has 0 aromatic carbocycles. The van der Waals surface area contributed by atoms with Gasteiger partial charge in [0.2, 0.25) is 0 Å². The summed E-state index contributed by atoms with van der Waals surface area (Å²) in [7, 11) is 0. The third-order valence-electron chi connectivity index (χ3n) is 2.86. The van der Waals surface area contributed by atoms with Crippen LogP contribution in [0.2, 0.25) is 0 Å². The third kappa shape index (κ3) is 1.34. The van der Waals surface area contributed by atoms with Gasteiger partial charge >= 0.3 is 0 Å². The summed E-state index contributed by atoms with van der Waals surface area (Å²) in [5, 5.41) is 1.92. The fraction of sp³-hybridized carbons (Fsp3) is 0.273. The van der Waals surface area contributed by atoms with E-state index in [4.69, 9.17) is 0 Å². The summed E-state index contributed by atoms with van der Waals surface area (Å²) >= 11 is 2.31. The smallest absolute Gasteiger partial charge is 0.109 e. The van der Waals surface area contributed by atoms with Crippen LogP contribution in [0.5, 0.6) is 0 Å². The highest BCUT2D eigenvalue weighted by molar-refractivity contribution is 14.1. The summed E-state index contributed by atoms with van der Waals surface area (Å²) in [4.78, 5) is 17.7. The maximum atomic E-state index is 4.48. The van der Waals surface area contributed by atoms with Crippen molar-refractivity contribution in [3.05, 3.63) is 23.1 Å². The van der Waals surface area contributed by atoms with Crippen molar-refractivity contribution < 1.29 is 0 Å². The predicted molar refractivity (Wildman–Crippen MR) is 72.4 cm³/mol. The average Bonchev–Trinajstić information content (AvgIpc) is 2.36. The van der Waals surface area contributed by atoms with Crippen molar-refractivity contribution in [1.82, 2.24) is 9.97 Å². The minimum Gasteiger partial charge on any atom is -0.281 e. The van der Waals surface area contributed by atoms with Crippen molar-refractivity contribution >= 4 is 44.2 Å². The summed E-state index contributed by atoms with van der Waals surface area (Å²) in [6.45, 7) is 2.06. The van der Waals surface area contributed by atoms with Crippen LogP contribution in [0.15, 0.2) is 22.4 Å². The van der Waals surface area contributed by atoms with Gasteiger partial charge in [0, 0.05) is 28.4 Å². The SMILES string of the molecule is CC1=c2nccnc2=C(I)C2N=CC=NC12. The predicted octanol–water partition coefficient (Wildman–Crippen LogP) is 0.0964. The number of hydrogen-bond acceptors (Lipinski definition) is 4. The van der Waals surface area contributed by atoms with E-state index in [-0.39, 0.29) is 12.1 Å². The largest absolute Gasteiger partial charge is 0.281 e.